The van der Waals surface area contributed by atoms with Crippen molar-refractivity contribution in [1.29, 1.82) is 0 Å². The lowest BCUT2D eigenvalue weighted by Gasteiger charge is -2.16. The first kappa shape index (κ1) is 14.4. The molecule has 16 heavy (non-hydrogen) atoms. The Bertz CT molecular complexity index is 301. The maximum absolute atomic E-state index is 5.96. The Morgan fingerprint density at radius 2 is 2.25 bits per heavy atom. The van der Waals surface area contributed by atoms with Gasteiger partial charge in [-0.05, 0) is 37.8 Å². The van der Waals surface area contributed by atoms with Gasteiger partial charge in [-0.3, -0.25) is 0 Å². The van der Waals surface area contributed by atoms with Gasteiger partial charge in [-0.1, -0.05) is 25.4 Å². The predicted octanol–water partition coefficient (Wildman–Crippen LogP) is 4.58. The van der Waals surface area contributed by atoms with Gasteiger partial charge in [0.15, 0.2) is 0 Å². The third-order valence-electron chi connectivity index (χ3n) is 2.69. The first-order valence-electron chi connectivity index (χ1n) is 5.68. The highest BCUT2D eigenvalue weighted by Gasteiger charge is 2.11. The third kappa shape index (κ3) is 4.66. The average molecular weight is 278 g/mol. The Balaban J connectivity index is 2.38. The second-order valence-electron chi connectivity index (χ2n) is 3.89. The van der Waals surface area contributed by atoms with E-state index in [1.807, 2.05) is 17.8 Å². The van der Waals surface area contributed by atoms with Crippen molar-refractivity contribution < 1.29 is 0 Å². The molecule has 0 bridgehead atoms. The molecule has 0 aliphatic carbocycles. The van der Waals surface area contributed by atoms with E-state index >= 15 is 0 Å². The summed E-state index contributed by atoms with van der Waals surface area (Å²) in [5, 5.41) is 4.34. The maximum Gasteiger partial charge on any atom is 0.0931 e. The average Bonchev–Trinajstić information content (AvgIpc) is 2.70. The Kier molecular flexibility index (Phi) is 6.81. The van der Waals surface area contributed by atoms with Gasteiger partial charge in [0.2, 0.25) is 0 Å². The van der Waals surface area contributed by atoms with Crippen molar-refractivity contribution in [2.75, 3.05) is 12.8 Å². The zero-order chi connectivity index (χ0) is 12.0. The molecule has 92 valence electrons. The van der Waals surface area contributed by atoms with Crippen LogP contribution in [-0.4, -0.2) is 18.1 Å². The van der Waals surface area contributed by atoms with Crippen molar-refractivity contribution in [3.8, 4) is 0 Å². The molecule has 2 unspecified atom stereocenters. The Morgan fingerprint density at radius 3 is 2.75 bits per heavy atom. The summed E-state index contributed by atoms with van der Waals surface area (Å²) in [5.41, 5.74) is 0. The molecule has 0 radical (unpaired) electrons. The molecule has 1 nitrogen and oxygen atoms in total. The molecule has 0 saturated heterocycles. The number of nitrogens with one attached hydrogen (secondary N) is 1. The summed E-state index contributed by atoms with van der Waals surface area (Å²) in [4.78, 5) is 1.35. The molecule has 0 aliphatic rings. The number of rotatable bonds is 7. The quantitative estimate of drug-likeness (QED) is 0.783. The smallest absolute Gasteiger partial charge is 0.0931 e. The van der Waals surface area contributed by atoms with E-state index in [2.05, 4.69) is 31.5 Å². The summed E-state index contributed by atoms with van der Waals surface area (Å²) in [6.07, 6.45) is 4.50. The van der Waals surface area contributed by atoms with Gasteiger partial charge in [0, 0.05) is 16.2 Å². The molecular formula is C12H20ClNS2. The Hall–Kier alpha value is 0.300. The third-order valence-corrected chi connectivity index (χ3v) is 5.07. The largest absolute Gasteiger partial charge is 0.309 e. The normalized spacial score (nSPS) is 15.0. The molecule has 0 amide bonds. The number of thioether (sulfide) groups is 1. The maximum atomic E-state index is 5.96. The summed E-state index contributed by atoms with van der Waals surface area (Å²) in [6, 6.07) is 4.58. The van der Waals surface area contributed by atoms with Crippen LogP contribution in [0.2, 0.25) is 4.34 Å². The van der Waals surface area contributed by atoms with Crippen LogP contribution in [0.3, 0.4) is 0 Å². The lowest BCUT2D eigenvalue weighted by atomic mass is 10.2. The number of hydrogen-bond acceptors (Lipinski definition) is 3. The van der Waals surface area contributed by atoms with E-state index in [1.165, 1.54) is 11.3 Å². The van der Waals surface area contributed by atoms with Gasteiger partial charge in [0.1, 0.15) is 0 Å². The molecule has 0 spiro atoms. The van der Waals surface area contributed by atoms with Crippen LogP contribution in [0, 0.1) is 0 Å². The fraction of sp³-hybridized carbons (Fsp3) is 0.667. The van der Waals surface area contributed by atoms with E-state index < -0.39 is 0 Å². The summed E-state index contributed by atoms with van der Waals surface area (Å²) in [5.74, 6) is 0. The minimum atomic E-state index is 0.464. The lowest BCUT2D eigenvalue weighted by Crippen LogP contribution is -2.22. The van der Waals surface area contributed by atoms with Gasteiger partial charge < -0.3 is 5.32 Å². The second kappa shape index (κ2) is 7.59. The van der Waals surface area contributed by atoms with Crippen molar-refractivity contribution in [3.63, 3.8) is 0 Å². The Labute approximate surface area is 112 Å². The zero-order valence-electron chi connectivity index (χ0n) is 10.1. The molecule has 1 rings (SSSR count). The van der Waals surface area contributed by atoms with Gasteiger partial charge in [0.25, 0.3) is 0 Å². The number of halogens is 1. The molecule has 1 aromatic rings. The first-order valence-corrected chi connectivity index (χ1v) is 8.17. The lowest BCUT2D eigenvalue weighted by molar-refractivity contribution is 0.517. The summed E-state index contributed by atoms with van der Waals surface area (Å²) in [6.45, 7) is 5.56. The zero-order valence-corrected chi connectivity index (χ0v) is 12.5. The standard InChI is InChI=1S/C12H20ClNS2/c1-4-10(11-5-6-12(13)16-11)14-8-7-9(2)15-3/h5-6,9-10,14H,4,7-8H2,1-3H3. The van der Waals surface area contributed by atoms with Gasteiger partial charge in [-0.25, -0.2) is 0 Å². The van der Waals surface area contributed by atoms with Crippen LogP contribution in [0.25, 0.3) is 0 Å². The van der Waals surface area contributed by atoms with Crippen LogP contribution in [0.4, 0.5) is 0 Å². The van der Waals surface area contributed by atoms with Gasteiger partial charge >= 0.3 is 0 Å². The summed E-state index contributed by atoms with van der Waals surface area (Å²) < 4.78 is 0.882. The minimum Gasteiger partial charge on any atom is -0.309 e. The predicted molar refractivity (Wildman–Crippen MR) is 78.0 cm³/mol. The van der Waals surface area contributed by atoms with Crippen molar-refractivity contribution in [2.45, 2.75) is 38.0 Å². The molecule has 0 fully saturated rings. The Morgan fingerprint density at radius 1 is 1.50 bits per heavy atom. The van der Waals surface area contributed by atoms with Crippen molar-refractivity contribution in [2.24, 2.45) is 0 Å². The first-order chi connectivity index (χ1) is 7.67. The highest BCUT2D eigenvalue weighted by molar-refractivity contribution is 7.99. The number of hydrogen-bond donors (Lipinski definition) is 1. The molecule has 2 atom stereocenters. The van der Waals surface area contributed by atoms with Crippen LogP contribution in [0.15, 0.2) is 12.1 Å². The van der Waals surface area contributed by atoms with E-state index in [0.717, 1.165) is 22.6 Å². The molecule has 1 N–H and O–H groups in total. The van der Waals surface area contributed by atoms with Crippen molar-refractivity contribution >= 4 is 34.7 Å². The molecule has 1 heterocycles. The van der Waals surface area contributed by atoms with E-state index in [4.69, 9.17) is 11.6 Å². The number of thiophene rings is 1. The SMILES string of the molecule is CCC(NCCC(C)SC)c1ccc(Cl)s1. The monoisotopic (exact) mass is 277 g/mol. The van der Waals surface area contributed by atoms with Crippen LogP contribution < -0.4 is 5.32 Å². The fourth-order valence-corrected chi connectivity index (χ4v) is 3.11. The molecule has 1 aromatic heterocycles. The molecule has 4 heteroatoms. The van der Waals surface area contributed by atoms with Gasteiger partial charge in [0.05, 0.1) is 4.34 Å². The van der Waals surface area contributed by atoms with Crippen molar-refractivity contribution in [1.82, 2.24) is 5.32 Å². The van der Waals surface area contributed by atoms with E-state index in [9.17, 15) is 0 Å². The second-order valence-corrected chi connectivity index (χ2v) is 6.91. The molecular weight excluding hydrogens is 258 g/mol. The molecule has 0 aliphatic heterocycles. The van der Waals surface area contributed by atoms with Crippen molar-refractivity contribution in [3.05, 3.63) is 21.3 Å². The summed E-state index contributed by atoms with van der Waals surface area (Å²) in [7, 11) is 0. The molecule has 0 saturated carbocycles. The van der Waals surface area contributed by atoms with Crippen LogP contribution >= 0.6 is 34.7 Å². The van der Waals surface area contributed by atoms with Crippen LogP contribution in [0.1, 0.15) is 37.6 Å². The van der Waals surface area contributed by atoms with E-state index in [1.54, 1.807) is 11.3 Å². The van der Waals surface area contributed by atoms with Gasteiger partial charge in [-0.2, -0.15) is 11.8 Å². The highest BCUT2D eigenvalue weighted by Crippen LogP contribution is 2.28. The molecule has 0 aromatic carbocycles. The van der Waals surface area contributed by atoms with E-state index in [-0.39, 0.29) is 0 Å². The van der Waals surface area contributed by atoms with Crippen LogP contribution in [-0.2, 0) is 0 Å². The fourth-order valence-electron chi connectivity index (χ4n) is 1.54. The minimum absolute atomic E-state index is 0.464. The van der Waals surface area contributed by atoms with Crippen LogP contribution in [0.5, 0.6) is 0 Å². The topological polar surface area (TPSA) is 12.0 Å². The van der Waals surface area contributed by atoms with Gasteiger partial charge in [-0.15, -0.1) is 11.3 Å². The van der Waals surface area contributed by atoms with E-state index in [0.29, 0.717) is 6.04 Å². The summed E-state index contributed by atoms with van der Waals surface area (Å²) >= 11 is 9.56. The highest BCUT2D eigenvalue weighted by atomic mass is 35.5.